The summed E-state index contributed by atoms with van der Waals surface area (Å²) in [5, 5.41) is 26.1. The van der Waals surface area contributed by atoms with Gasteiger partial charge in [0, 0.05) is 18.9 Å². The van der Waals surface area contributed by atoms with E-state index < -0.39 is 6.10 Å². The summed E-state index contributed by atoms with van der Waals surface area (Å²) in [6.45, 7) is 0.763. The van der Waals surface area contributed by atoms with Crippen LogP contribution in [0.3, 0.4) is 0 Å². The first kappa shape index (κ1) is 13.4. The minimum absolute atomic E-state index is 0.353. The number of hydrogen-bond acceptors (Lipinski definition) is 4. The number of hydrogen-bond donors (Lipinski definition) is 2. The van der Waals surface area contributed by atoms with Gasteiger partial charge in [-0.05, 0) is 24.3 Å². The van der Waals surface area contributed by atoms with Gasteiger partial charge < -0.3 is 10.4 Å². The standard InChI is InChI=1S/C13H13ClN4O/c14-12-6-10(7-15)2-3-13(12)16-8-11(19)9-18-5-1-4-17-18/h1-6,11,16,19H,8-9H2. The Bertz CT molecular complexity index is 577. The average Bonchev–Trinajstić information content (AvgIpc) is 2.90. The number of anilines is 1. The van der Waals surface area contributed by atoms with Crippen LogP contribution in [-0.4, -0.2) is 27.5 Å². The number of aliphatic hydroxyl groups is 1. The van der Waals surface area contributed by atoms with Gasteiger partial charge in [0.05, 0.1) is 35.0 Å². The lowest BCUT2D eigenvalue weighted by molar-refractivity contribution is 0.161. The number of benzene rings is 1. The first-order chi connectivity index (χ1) is 9.19. The molecule has 1 atom stereocenters. The van der Waals surface area contributed by atoms with Crippen LogP contribution in [0, 0.1) is 11.3 Å². The van der Waals surface area contributed by atoms with Crippen molar-refractivity contribution in [3.63, 3.8) is 0 Å². The second-order valence-electron chi connectivity index (χ2n) is 4.07. The Hall–Kier alpha value is -2.03. The van der Waals surface area contributed by atoms with Crippen LogP contribution in [0.1, 0.15) is 5.56 Å². The van der Waals surface area contributed by atoms with Crippen LogP contribution >= 0.6 is 11.6 Å². The third-order valence-corrected chi connectivity index (χ3v) is 2.90. The maximum Gasteiger partial charge on any atom is 0.0992 e. The molecule has 0 aliphatic heterocycles. The highest BCUT2D eigenvalue weighted by Crippen LogP contribution is 2.22. The van der Waals surface area contributed by atoms with Crippen LogP contribution in [0.4, 0.5) is 5.69 Å². The molecule has 0 aliphatic carbocycles. The van der Waals surface area contributed by atoms with Crippen molar-refractivity contribution in [1.29, 1.82) is 5.26 Å². The number of nitriles is 1. The zero-order valence-corrected chi connectivity index (χ0v) is 10.9. The second kappa shape index (κ2) is 6.23. The molecule has 5 nitrogen and oxygen atoms in total. The van der Waals surface area contributed by atoms with E-state index in [1.54, 1.807) is 41.3 Å². The van der Waals surface area contributed by atoms with Gasteiger partial charge in [-0.25, -0.2) is 0 Å². The zero-order valence-electron chi connectivity index (χ0n) is 10.1. The van der Waals surface area contributed by atoms with Gasteiger partial charge in [-0.2, -0.15) is 10.4 Å². The Labute approximate surface area is 116 Å². The summed E-state index contributed by atoms with van der Waals surface area (Å²) < 4.78 is 1.66. The Morgan fingerprint density at radius 2 is 2.37 bits per heavy atom. The van der Waals surface area contributed by atoms with Crippen molar-refractivity contribution in [1.82, 2.24) is 9.78 Å². The fourth-order valence-electron chi connectivity index (χ4n) is 1.64. The molecule has 0 aliphatic rings. The van der Waals surface area contributed by atoms with Crippen molar-refractivity contribution in [3.8, 4) is 6.07 Å². The molecule has 1 unspecified atom stereocenters. The van der Waals surface area contributed by atoms with Crippen molar-refractivity contribution in [2.24, 2.45) is 0 Å². The van der Waals surface area contributed by atoms with Crippen LogP contribution in [-0.2, 0) is 6.54 Å². The lowest BCUT2D eigenvalue weighted by Gasteiger charge is -2.13. The van der Waals surface area contributed by atoms with Crippen LogP contribution in [0.15, 0.2) is 36.7 Å². The largest absolute Gasteiger partial charge is 0.389 e. The molecule has 2 N–H and O–H groups in total. The molecule has 0 saturated carbocycles. The molecule has 0 fully saturated rings. The van der Waals surface area contributed by atoms with E-state index in [0.29, 0.717) is 29.4 Å². The topological polar surface area (TPSA) is 73.9 Å². The SMILES string of the molecule is N#Cc1ccc(NCC(O)Cn2cccn2)c(Cl)c1. The maximum absolute atomic E-state index is 9.86. The molecule has 1 aromatic heterocycles. The number of aliphatic hydroxyl groups excluding tert-OH is 1. The summed E-state index contributed by atoms with van der Waals surface area (Å²) in [7, 11) is 0. The van der Waals surface area contributed by atoms with E-state index in [4.69, 9.17) is 16.9 Å². The van der Waals surface area contributed by atoms with Gasteiger partial charge in [0.15, 0.2) is 0 Å². The predicted molar refractivity (Wildman–Crippen MR) is 72.9 cm³/mol. The summed E-state index contributed by atoms with van der Waals surface area (Å²) in [6.07, 6.45) is 2.88. The second-order valence-corrected chi connectivity index (χ2v) is 4.48. The Morgan fingerprint density at radius 1 is 1.53 bits per heavy atom. The molecule has 0 saturated heterocycles. The van der Waals surface area contributed by atoms with Gasteiger partial charge in [-0.1, -0.05) is 11.6 Å². The monoisotopic (exact) mass is 276 g/mol. The van der Waals surface area contributed by atoms with Gasteiger partial charge >= 0.3 is 0 Å². The average molecular weight is 277 g/mol. The van der Waals surface area contributed by atoms with E-state index in [-0.39, 0.29) is 0 Å². The molecule has 0 amide bonds. The van der Waals surface area contributed by atoms with Crippen LogP contribution in [0.5, 0.6) is 0 Å². The van der Waals surface area contributed by atoms with E-state index in [1.165, 1.54) is 0 Å². The van der Waals surface area contributed by atoms with E-state index >= 15 is 0 Å². The highest BCUT2D eigenvalue weighted by Gasteiger charge is 2.07. The van der Waals surface area contributed by atoms with Crippen LogP contribution in [0.25, 0.3) is 0 Å². The first-order valence-corrected chi connectivity index (χ1v) is 6.16. The zero-order chi connectivity index (χ0) is 13.7. The smallest absolute Gasteiger partial charge is 0.0992 e. The van der Waals surface area contributed by atoms with Gasteiger partial charge in [0.25, 0.3) is 0 Å². The summed E-state index contributed by atoms with van der Waals surface area (Å²) in [5.74, 6) is 0. The van der Waals surface area contributed by atoms with E-state index in [2.05, 4.69) is 10.4 Å². The third kappa shape index (κ3) is 3.71. The summed E-state index contributed by atoms with van der Waals surface area (Å²) in [5.41, 5.74) is 1.20. The molecule has 2 aromatic rings. The Balaban J connectivity index is 1.90. The lowest BCUT2D eigenvalue weighted by atomic mass is 10.2. The summed E-state index contributed by atoms with van der Waals surface area (Å²) >= 11 is 6.02. The minimum atomic E-state index is -0.577. The first-order valence-electron chi connectivity index (χ1n) is 5.78. The van der Waals surface area contributed by atoms with Crippen molar-refractivity contribution in [2.75, 3.05) is 11.9 Å². The molecule has 98 valence electrons. The molecule has 1 aromatic carbocycles. The minimum Gasteiger partial charge on any atom is -0.389 e. The highest BCUT2D eigenvalue weighted by atomic mass is 35.5. The molecule has 19 heavy (non-hydrogen) atoms. The molecule has 0 spiro atoms. The molecule has 6 heteroatoms. The summed E-state index contributed by atoms with van der Waals surface area (Å²) in [6, 6.07) is 8.81. The number of halogens is 1. The van der Waals surface area contributed by atoms with E-state index in [0.717, 1.165) is 0 Å². The quantitative estimate of drug-likeness (QED) is 0.874. The molecule has 0 radical (unpaired) electrons. The van der Waals surface area contributed by atoms with Crippen LogP contribution < -0.4 is 5.32 Å². The van der Waals surface area contributed by atoms with Gasteiger partial charge in [0.1, 0.15) is 0 Å². The Kier molecular flexibility index (Phi) is 4.39. The third-order valence-electron chi connectivity index (χ3n) is 2.58. The number of rotatable bonds is 5. The number of aromatic nitrogens is 2. The molecular formula is C13H13ClN4O. The van der Waals surface area contributed by atoms with E-state index in [1.807, 2.05) is 6.07 Å². The highest BCUT2D eigenvalue weighted by molar-refractivity contribution is 6.33. The normalized spacial score (nSPS) is 11.8. The van der Waals surface area contributed by atoms with E-state index in [9.17, 15) is 5.11 Å². The molecule has 0 bridgehead atoms. The number of nitrogens with one attached hydrogen (secondary N) is 1. The Morgan fingerprint density at radius 3 is 3.00 bits per heavy atom. The fraction of sp³-hybridized carbons (Fsp3) is 0.231. The molecule has 2 rings (SSSR count). The maximum atomic E-state index is 9.86. The van der Waals surface area contributed by atoms with Crippen LogP contribution in [0.2, 0.25) is 5.02 Å². The fourth-order valence-corrected chi connectivity index (χ4v) is 1.89. The molecular weight excluding hydrogens is 264 g/mol. The number of nitrogens with zero attached hydrogens (tertiary/aromatic N) is 3. The van der Waals surface area contributed by atoms with Crippen molar-refractivity contribution in [2.45, 2.75) is 12.6 Å². The molecule has 1 heterocycles. The van der Waals surface area contributed by atoms with Gasteiger partial charge in [-0.3, -0.25) is 4.68 Å². The van der Waals surface area contributed by atoms with Gasteiger partial charge in [0.2, 0.25) is 0 Å². The predicted octanol–water partition coefficient (Wildman–Crippen LogP) is 1.88. The van der Waals surface area contributed by atoms with Crippen molar-refractivity contribution >= 4 is 17.3 Å². The van der Waals surface area contributed by atoms with Crippen molar-refractivity contribution < 1.29 is 5.11 Å². The van der Waals surface area contributed by atoms with Crippen molar-refractivity contribution in [3.05, 3.63) is 47.2 Å². The summed E-state index contributed by atoms with van der Waals surface area (Å²) in [4.78, 5) is 0. The van der Waals surface area contributed by atoms with Gasteiger partial charge in [-0.15, -0.1) is 0 Å². The lowest BCUT2D eigenvalue weighted by Crippen LogP contribution is -2.25.